The van der Waals surface area contributed by atoms with Gasteiger partial charge in [-0.2, -0.15) is 0 Å². The monoisotopic (exact) mass is 991 g/mol. The molecular weight excluding hydrogens is 901 g/mol. The molecule has 2 aromatic carbocycles. The smallest absolute Gasteiger partial charge is 0.416 e. The molecule has 8 nitrogen and oxygen atoms in total. The van der Waals surface area contributed by atoms with Gasteiger partial charge in [0, 0.05) is 17.7 Å². The second-order valence-corrected chi connectivity index (χ2v) is 19.2. The maximum atomic E-state index is 12.9. The molecule has 0 saturated carbocycles. The van der Waals surface area contributed by atoms with Crippen molar-refractivity contribution in [3.63, 3.8) is 0 Å². The lowest BCUT2D eigenvalue weighted by Gasteiger charge is -2.22. The van der Waals surface area contributed by atoms with E-state index in [1.54, 1.807) is 0 Å². The van der Waals surface area contributed by atoms with Crippen LogP contribution in [0.4, 0.5) is 9.59 Å². The number of hydrogen-bond acceptors (Lipinski definition) is 6. The maximum Gasteiger partial charge on any atom is 0.416 e. The summed E-state index contributed by atoms with van der Waals surface area (Å²) in [5.41, 5.74) is 2.23. The lowest BCUT2D eigenvalue weighted by atomic mass is 10.0. The van der Waals surface area contributed by atoms with E-state index in [4.69, 9.17) is 9.47 Å². The molecule has 0 aromatic heterocycles. The van der Waals surface area contributed by atoms with Crippen molar-refractivity contribution < 1.29 is 28.7 Å². The fourth-order valence-electron chi connectivity index (χ4n) is 8.48. The third kappa shape index (κ3) is 27.8. The topological polar surface area (TPSA) is 93.2 Å². The predicted octanol–water partition coefficient (Wildman–Crippen LogP) is 16.5. The Morgan fingerprint density at radius 1 is 0.552 bits per heavy atom. The molecule has 2 heterocycles. The zero-order valence-electron chi connectivity index (χ0n) is 42.5. The normalized spacial score (nSPS) is 16.1. The van der Waals surface area contributed by atoms with Crippen LogP contribution in [0.15, 0.2) is 85.0 Å². The Kier molecular flexibility index (Phi) is 35.6. The van der Waals surface area contributed by atoms with Gasteiger partial charge in [-0.15, -0.1) is 0 Å². The maximum absolute atomic E-state index is 12.9. The van der Waals surface area contributed by atoms with Crippen LogP contribution in [0.1, 0.15) is 206 Å². The number of benzene rings is 2. The van der Waals surface area contributed by atoms with Crippen LogP contribution in [-0.2, 0) is 31.9 Å². The highest BCUT2D eigenvalue weighted by molar-refractivity contribution is 9.09. The number of carbonyl (C=O) groups is 4. The van der Waals surface area contributed by atoms with Gasteiger partial charge in [0.05, 0.1) is 12.1 Å². The summed E-state index contributed by atoms with van der Waals surface area (Å²) in [5, 5.41) is 1.00. The molecule has 3 atom stereocenters. The molecule has 0 bridgehead atoms. The first-order valence-electron chi connectivity index (χ1n) is 26.7. The first-order chi connectivity index (χ1) is 32.8. The first kappa shape index (κ1) is 59.4. The summed E-state index contributed by atoms with van der Waals surface area (Å²) in [4.78, 5) is 51.9. The number of rotatable bonds is 33. The van der Waals surface area contributed by atoms with Crippen LogP contribution in [0.3, 0.4) is 0 Å². The molecule has 2 aliphatic heterocycles. The van der Waals surface area contributed by atoms with Crippen molar-refractivity contribution in [2.75, 3.05) is 18.5 Å². The fourth-order valence-corrected chi connectivity index (χ4v) is 8.74. The number of halogens is 1. The van der Waals surface area contributed by atoms with Gasteiger partial charge in [-0.3, -0.25) is 9.59 Å². The number of imide groups is 2. The van der Waals surface area contributed by atoms with Crippen LogP contribution in [-0.4, -0.2) is 64.4 Å². The van der Waals surface area contributed by atoms with Crippen molar-refractivity contribution in [3.8, 4) is 0 Å². The van der Waals surface area contributed by atoms with E-state index in [0.29, 0.717) is 32.3 Å². The molecule has 67 heavy (non-hydrogen) atoms. The lowest BCUT2D eigenvalue weighted by molar-refractivity contribution is -0.133. The highest BCUT2D eigenvalue weighted by atomic mass is 79.9. The third-order valence-electron chi connectivity index (χ3n) is 12.6. The SMILES string of the molecule is CCCCCCCCC(=O)N1C(=O)OC[C@@H]1Cc1ccccc1.CCCCCCCCCC/C=C/CBr.CCCCCCCCCC/C=C/C[C@@H](C)C(=O)N1C(=O)OC[C@@H]1Cc1ccccc1. The Hall–Kier alpha value is -3.72. The minimum Gasteiger partial charge on any atom is -0.447 e. The Morgan fingerprint density at radius 2 is 0.940 bits per heavy atom. The Labute approximate surface area is 416 Å². The number of amides is 4. The Bertz CT molecular complexity index is 1620. The fraction of sp³-hybridized carbons (Fsp3) is 0.655. The number of alkyl halides is 1. The summed E-state index contributed by atoms with van der Waals surface area (Å²) in [7, 11) is 0. The lowest BCUT2D eigenvalue weighted by Crippen LogP contribution is -2.42. The van der Waals surface area contributed by atoms with Crippen molar-refractivity contribution in [2.45, 2.75) is 220 Å². The number of ether oxygens (including phenoxy) is 2. The van der Waals surface area contributed by atoms with Gasteiger partial charge in [0.2, 0.25) is 11.8 Å². The van der Waals surface area contributed by atoms with Crippen molar-refractivity contribution in [1.82, 2.24) is 9.80 Å². The molecule has 4 amide bonds. The van der Waals surface area contributed by atoms with Crippen LogP contribution < -0.4 is 0 Å². The van der Waals surface area contributed by atoms with Crippen LogP contribution >= 0.6 is 15.9 Å². The van der Waals surface area contributed by atoms with E-state index in [1.807, 2.05) is 67.6 Å². The standard InChI is InChI=1S/C26H39NO3.C19H27NO3.C13H25Br/c1-3-4-5-6-7-8-9-10-11-12-14-17-22(2)25(28)27-24(21-30-26(27)29)20-23-18-15-13-16-19-23;1-2-3-4-5-6-10-13-18(21)20-17(15-23-19(20)22)14-16-11-8-7-9-12-16;1-2-3-4-5-6-7-8-9-10-11-12-13-14/h12-16,18-19,22,24H,3-11,17,20-21H2,1-2H3;7-9,11-12,17H,2-6,10,13-15H2,1H3;11-12H,2-10,13H2,1H3/b14-12+;;12-11+/t22-,24+;17-;/m10./s1. The number of cyclic esters (lactones) is 2. The Balaban J connectivity index is 0.000000369. The van der Waals surface area contributed by atoms with Crippen LogP contribution in [0.5, 0.6) is 0 Å². The van der Waals surface area contributed by atoms with E-state index in [-0.39, 0.29) is 36.4 Å². The second kappa shape index (κ2) is 40.2. The number of hydrogen-bond donors (Lipinski definition) is 0. The molecule has 2 aliphatic rings. The van der Waals surface area contributed by atoms with Crippen LogP contribution in [0, 0.1) is 5.92 Å². The number of nitrogens with zero attached hydrogens (tertiary/aromatic N) is 2. The Morgan fingerprint density at radius 3 is 1.39 bits per heavy atom. The summed E-state index contributed by atoms with van der Waals surface area (Å²) in [5.74, 6) is -0.442. The van der Waals surface area contributed by atoms with Gasteiger partial charge in [0.15, 0.2) is 0 Å². The van der Waals surface area contributed by atoms with Gasteiger partial charge >= 0.3 is 12.2 Å². The molecule has 0 aliphatic carbocycles. The predicted molar refractivity (Wildman–Crippen MR) is 283 cm³/mol. The molecular formula is C58H91BrN2O6. The zero-order chi connectivity index (χ0) is 48.6. The highest BCUT2D eigenvalue weighted by Gasteiger charge is 2.39. The molecule has 2 saturated heterocycles. The van der Waals surface area contributed by atoms with E-state index < -0.39 is 12.2 Å². The first-order valence-corrected chi connectivity index (χ1v) is 27.8. The van der Waals surface area contributed by atoms with E-state index >= 15 is 0 Å². The summed E-state index contributed by atoms with van der Waals surface area (Å²) < 4.78 is 10.3. The van der Waals surface area contributed by atoms with Crippen LogP contribution in [0.2, 0.25) is 0 Å². The summed E-state index contributed by atoms with van der Waals surface area (Å²) in [6, 6.07) is 19.5. The molecule has 0 spiro atoms. The molecule has 0 N–H and O–H groups in total. The molecule has 0 radical (unpaired) electrons. The molecule has 2 aromatic rings. The molecule has 4 rings (SSSR count). The van der Waals surface area contributed by atoms with E-state index in [1.165, 1.54) is 145 Å². The number of unbranched alkanes of at least 4 members (excludes halogenated alkanes) is 21. The summed E-state index contributed by atoms with van der Waals surface area (Å²) >= 11 is 3.38. The summed E-state index contributed by atoms with van der Waals surface area (Å²) in [6.45, 7) is 9.19. The van der Waals surface area contributed by atoms with Crippen molar-refractivity contribution in [3.05, 3.63) is 96.1 Å². The number of carbonyl (C=O) groups excluding carboxylic acids is 4. The minimum atomic E-state index is -0.504. The minimum absolute atomic E-state index is 0.0936. The van der Waals surface area contributed by atoms with Crippen molar-refractivity contribution in [1.29, 1.82) is 0 Å². The molecule has 376 valence electrons. The average Bonchev–Trinajstić information content (AvgIpc) is 3.90. The van der Waals surface area contributed by atoms with E-state index in [0.717, 1.165) is 35.7 Å². The van der Waals surface area contributed by atoms with Crippen molar-refractivity contribution >= 4 is 39.9 Å². The number of allylic oxidation sites excluding steroid dienone is 4. The van der Waals surface area contributed by atoms with Gasteiger partial charge in [-0.1, -0.05) is 251 Å². The molecule has 0 unspecified atom stereocenters. The van der Waals surface area contributed by atoms with Gasteiger partial charge in [0.1, 0.15) is 13.2 Å². The van der Waals surface area contributed by atoms with Gasteiger partial charge < -0.3 is 9.47 Å². The second-order valence-electron chi connectivity index (χ2n) is 18.6. The van der Waals surface area contributed by atoms with E-state index in [2.05, 4.69) is 61.0 Å². The molecule has 2 fully saturated rings. The van der Waals surface area contributed by atoms with Crippen LogP contribution in [0.25, 0.3) is 0 Å². The van der Waals surface area contributed by atoms with Gasteiger partial charge in [0.25, 0.3) is 0 Å². The van der Waals surface area contributed by atoms with E-state index in [9.17, 15) is 19.2 Å². The summed E-state index contributed by atoms with van der Waals surface area (Å²) in [6.07, 6.45) is 41.2. The van der Waals surface area contributed by atoms with Gasteiger partial charge in [-0.05, 0) is 62.5 Å². The van der Waals surface area contributed by atoms with Crippen molar-refractivity contribution in [2.24, 2.45) is 5.92 Å². The zero-order valence-corrected chi connectivity index (χ0v) is 44.0. The third-order valence-corrected chi connectivity index (χ3v) is 13.0. The quantitative estimate of drug-likeness (QED) is 0.0402. The molecule has 9 heteroatoms. The highest BCUT2D eigenvalue weighted by Crippen LogP contribution is 2.23. The largest absolute Gasteiger partial charge is 0.447 e. The van der Waals surface area contributed by atoms with Gasteiger partial charge in [-0.25, -0.2) is 19.4 Å². The average molecular weight is 992 g/mol.